The zero-order valence-electron chi connectivity index (χ0n) is 15.3. The monoisotopic (exact) mass is 377 g/mol. The molecule has 0 atom stereocenters. The Morgan fingerprint density at radius 1 is 1.11 bits per heavy atom. The van der Waals surface area contributed by atoms with Crippen molar-refractivity contribution < 1.29 is 4.74 Å². The van der Waals surface area contributed by atoms with Crippen molar-refractivity contribution in [1.29, 1.82) is 0 Å². The molecule has 136 valence electrons. The van der Waals surface area contributed by atoms with Gasteiger partial charge in [-0.2, -0.15) is 9.50 Å². The van der Waals surface area contributed by atoms with E-state index >= 15 is 0 Å². The van der Waals surface area contributed by atoms with E-state index in [9.17, 15) is 4.79 Å². The average Bonchev–Trinajstić information content (AvgIpc) is 3.22. The summed E-state index contributed by atoms with van der Waals surface area (Å²) < 4.78 is 7.34. The lowest BCUT2D eigenvalue weighted by Crippen LogP contribution is -2.23. The number of nitrogens with zero attached hydrogens (tertiary/aromatic N) is 3. The van der Waals surface area contributed by atoms with Crippen molar-refractivity contribution in [3.05, 3.63) is 74.5 Å². The highest BCUT2D eigenvalue weighted by Gasteiger charge is 2.14. The number of thiazole rings is 1. The van der Waals surface area contributed by atoms with E-state index in [4.69, 9.17) is 4.74 Å². The minimum atomic E-state index is -0.156. The quantitative estimate of drug-likeness (QED) is 0.546. The Bertz CT molecular complexity index is 1210. The molecule has 4 rings (SSSR count). The summed E-state index contributed by atoms with van der Waals surface area (Å²) in [5, 5.41) is 4.39. The molecular weight excluding hydrogens is 358 g/mol. The van der Waals surface area contributed by atoms with E-state index in [1.807, 2.05) is 42.5 Å². The van der Waals surface area contributed by atoms with E-state index in [1.165, 1.54) is 21.4 Å². The Hall–Kier alpha value is -2.99. The number of benzene rings is 2. The molecule has 0 amide bonds. The minimum Gasteiger partial charge on any atom is -0.496 e. The molecule has 0 fully saturated rings. The second-order valence-electron chi connectivity index (χ2n) is 6.57. The lowest BCUT2D eigenvalue weighted by Gasteiger charge is -2.04. The molecule has 0 bridgehead atoms. The van der Waals surface area contributed by atoms with Crippen LogP contribution in [-0.4, -0.2) is 21.7 Å². The fourth-order valence-corrected chi connectivity index (χ4v) is 3.81. The molecule has 0 aliphatic heterocycles. The molecule has 2 heterocycles. The first kappa shape index (κ1) is 17.4. The first-order valence-corrected chi connectivity index (χ1v) is 9.53. The maximum atomic E-state index is 12.7. The molecule has 2 aromatic carbocycles. The van der Waals surface area contributed by atoms with Crippen LogP contribution < -0.4 is 14.8 Å². The number of hydrogen-bond donors (Lipinski definition) is 0. The third-order valence-corrected chi connectivity index (χ3v) is 5.39. The van der Waals surface area contributed by atoms with Crippen molar-refractivity contribution in [1.82, 2.24) is 14.6 Å². The molecule has 4 aromatic rings. The van der Waals surface area contributed by atoms with Gasteiger partial charge in [-0.1, -0.05) is 61.6 Å². The summed E-state index contributed by atoms with van der Waals surface area (Å²) in [6.45, 7) is 4.32. The van der Waals surface area contributed by atoms with Crippen LogP contribution in [0.4, 0.5) is 0 Å². The average molecular weight is 377 g/mol. The van der Waals surface area contributed by atoms with Gasteiger partial charge in [0.1, 0.15) is 5.75 Å². The molecule has 5 nitrogen and oxygen atoms in total. The molecular formula is C21H19N3O2S. The van der Waals surface area contributed by atoms with Crippen molar-refractivity contribution in [2.45, 2.75) is 19.8 Å². The van der Waals surface area contributed by atoms with Gasteiger partial charge in [0.15, 0.2) is 5.82 Å². The van der Waals surface area contributed by atoms with E-state index in [0.29, 0.717) is 27.0 Å². The number of methoxy groups -OCH3 is 1. The Balaban J connectivity index is 1.76. The van der Waals surface area contributed by atoms with Gasteiger partial charge in [-0.3, -0.25) is 4.79 Å². The molecule has 0 saturated carbocycles. The van der Waals surface area contributed by atoms with Crippen LogP contribution in [0.2, 0.25) is 0 Å². The van der Waals surface area contributed by atoms with Crippen molar-refractivity contribution in [3.8, 4) is 17.1 Å². The van der Waals surface area contributed by atoms with Gasteiger partial charge in [-0.15, -0.1) is 5.10 Å². The van der Waals surface area contributed by atoms with Gasteiger partial charge in [0.05, 0.1) is 17.2 Å². The lowest BCUT2D eigenvalue weighted by atomic mass is 10.0. The third-order valence-electron chi connectivity index (χ3n) is 4.43. The van der Waals surface area contributed by atoms with E-state index in [0.717, 1.165) is 11.1 Å². The molecule has 27 heavy (non-hydrogen) atoms. The first-order valence-electron chi connectivity index (χ1n) is 8.71. The zero-order chi connectivity index (χ0) is 19.0. The largest absolute Gasteiger partial charge is 0.496 e. The van der Waals surface area contributed by atoms with Gasteiger partial charge in [0.2, 0.25) is 4.96 Å². The molecule has 0 aliphatic carbocycles. The van der Waals surface area contributed by atoms with Crippen LogP contribution in [-0.2, 0) is 0 Å². The van der Waals surface area contributed by atoms with Gasteiger partial charge >= 0.3 is 0 Å². The number of aromatic nitrogens is 3. The van der Waals surface area contributed by atoms with E-state index < -0.39 is 0 Å². The predicted octanol–water partition coefficient (Wildman–Crippen LogP) is 3.50. The Labute approximate surface area is 160 Å². The highest BCUT2D eigenvalue weighted by Crippen LogP contribution is 2.27. The molecule has 6 heteroatoms. The molecule has 0 spiro atoms. The molecule has 0 saturated heterocycles. The van der Waals surface area contributed by atoms with Gasteiger partial charge in [0.25, 0.3) is 5.56 Å². The molecule has 0 radical (unpaired) electrons. The van der Waals surface area contributed by atoms with Crippen molar-refractivity contribution >= 4 is 22.4 Å². The summed E-state index contributed by atoms with van der Waals surface area (Å²) in [7, 11) is 1.61. The van der Waals surface area contributed by atoms with Crippen LogP contribution in [0.3, 0.4) is 0 Å². The summed E-state index contributed by atoms with van der Waals surface area (Å²) in [5.74, 6) is 1.65. The Morgan fingerprint density at radius 2 is 1.85 bits per heavy atom. The number of rotatable bonds is 4. The minimum absolute atomic E-state index is 0.156. The zero-order valence-corrected chi connectivity index (χ0v) is 16.2. The van der Waals surface area contributed by atoms with E-state index in [1.54, 1.807) is 7.11 Å². The Morgan fingerprint density at radius 3 is 2.52 bits per heavy atom. The van der Waals surface area contributed by atoms with Crippen LogP contribution >= 0.6 is 11.3 Å². The SMILES string of the molecule is COc1ccccc1-c1nc2s/c(=C\c3ccc(C(C)C)cc3)c(=O)n2n1. The van der Waals surface area contributed by atoms with Crippen molar-refractivity contribution in [3.63, 3.8) is 0 Å². The Kier molecular flexibility index (Phi) is 4.49. The molecule has 2 aromatic heterocycles. The second-order valence-corrected chi connectivity index (χ2v) is 7.58. The van der Waals surface area contributed by atoms with Crippen LogP contribution in [0, 0.1) is 0 Å². The smallest absolute Gasteiger partial charge is 0.291 e. The van der Waals surface area contributed by atoms with Gasteiger partial charge in [-0.05, 0) is 35.3 Å². The van der Waals surface area contributed by atoms with Crippen molar-refractivity contribution in [2.75, 3.05) is 7.11 Å². The van der Waals surface area contributed by atoms with Gasteiger partial charge in [0, 0.05) is 0 Å². The highest BCUT2D eigenvalue weighted by atomic mass is 32.1. The maximum absolute atomic E-state index is 12.7. The van der Waals surface area contributed by atoms with Gasteiger partial charge < -0.3 is 4.74 Å². The summed E-state index contributed by atoms with van der Waals surface area (Å²) in [6.07, 6.45) is 1.89. The van der Waals surface area contributed by atoms with E-state index in [2.05, 4.69) is 36.1 Å². The first-order chi connectivity index (χ1) is 13.1. The third kappa shape index (κ3) is 3.24. The summed E-state index contributed by atoms with van der Waals surface area (Å²) >= 11 is 1.34. The topological polar surface area (TPSA) is 56.5 Å². The number of hydrogen-bond acceptors (Lipinski definition) is 5. The summed E-state index contributed by atoms with van der Waals surface area (Å²) in [4.78, 5) is 17.8. The number of para-hydroxylation sites is 1. The maximum Gasteiger partial charge on any atom is 0.291 e. The molecule has 0 N–H and O–H groups in total. The lowest BCUT2D eigenvalue weighted by molar-refractivity contribution is 0.416. The van der Waals surface area contributed by atoms with Crippen LogP contribution in [0.5, 0.6) is 5.75 Å². The fourth-order valence-electron chi connectivity index (χ4n) is 2.91. The summed E-state index contributed by atoms with van der Waals surface area (Å²) in [5.41, 5.74) is 2.88. The standard InChI is InChI=1S/C21H19N3O2S/c1-13(2)15-10-8-14(9-11-15)12-18-20(25)24-21(27-18)22-19(23-24)16-6-4-5-7-17(16)26-3/h4-13H,1-3H3/b18-12-. The van der Waals surface area contributed by atoms with Gasteiger partial charge in [-0.25, -0.2) is 0 Å². The highest BCUT2D eigenvalue weighted by molar-refractivity contribution is 7.15. The number of fused-ring (bicyclic) bond motifs is 1. The van der Waals surface area contributed by atoms with Crippen LogP contribution in [0.15, 0.2) is 53.3 Å². The predicted molar refractivity (Wildman–Crippen MR) is 108 cm³/mol. The van der Waals surface area contributed by atoms with Crippen molar-refractivity contribution in [2.24, 2.45) is 0 Å². The normalized spacial score (nSPS) is 12.2. The number of ether oxygens (including phenoxy) is 1. The molecule has 0 aliphatic rings. The van der Waals surface area contributed by atoms with E-state index in [-0.39, 0.29) is 5.56 Å². The van der Waals surface area contributed by atoms with Crippen LogP contribution in [0.25, 0.3) is 22.4 Å². The fraction of sp³-hybridized carbons (Fsp3) is 0.190. The molecule has 0 unspecified atom stereocenters. The summed E-state index contributed by atoms with van der Waals surface area (Å²) in [6, 6.07) is 15.8. The van der Waals surface area contributed by atoms with Crippen LogP contribution in [0.1, 0.15) is 30.9 Å². The second kappa shape index (κ2) is 6.96.